The molecular formula is C27H30N8OS. The number of anilines is 4. The van der Waals surface area contributed by atoms with Crippen molar-refractivity contribution in [1.82, 2.24) is 29.7 Å². The van der Waals surface area contributed by atoms with E-state index >= 15 is 0 Å². The Hall–Kier alpha value is -3.89. The van der Waals surface area contributed by atoms with Crippen molar-refractivity contribution in [3.8, 4) is 11.3 Å². The number of thiazole rings is 1. The van der Waals surface area contributed by atoms with Gasteiger partial charge in [-0.3, -0.25) is 9.78 Å². The minimum absolute atomic E-state index is 0.168. The first-order valence-electron chi connectivity index (χ1n) is 12.3. The Morgan fingerprint density at radius 2 is 1.86 bits per heavy atom. The van der Waals surface area contributed by atoms with E-state index in [9.17, 15) is 4.79 Å². The first-order chi connectivity index (χ1) is 17.9. The smallest absolute Gasteiger partial charge is 0.227 e. The van der Waals surface area contributed by atoms with E-state index in [0.717, 1.165) is 70.1 Å². The van der Waals surface area contributed by atoms with Crippen LogP contribution in [-0.2, 0) is 11.2 Å². The Morgan fingerprint density at radius 1 is 1.03 bits per heavy atom. The normalized spacial score (nSPS) is 14.0. The molecule has 0 aliphatic carbocycles. The molecule has 4 aromatic rings. The van der Waals surface area contributed by atoms with Crippen molar-refractivity contribution in [1.29, 1.82) is 0 Å². The second-order valence-electron chi connectivity index (χ2n) is 9.18. The van der Waals surface area contributed by atoms with Gasteiger partial charge in [-0.1, -0.05) is 6.07 Å². The van der Waals surface area contributed by atoms with Gasteiger partial charge in [0.15, 0.2) is 5.13 Å². The van der Waals surface area contributed by atoms with Crippen LogP contribution in [0.4, 0.5) is 22.5 Å². The predicted molar refractivity (Wildman–Crippen MR) is 148 cm³/mol. The van der Waals surface area contributed by atoms with Crippen LogP contribution in [-0.4, -0.2) is 68.9 Å². The van der Waals surface area contributed by atoms with Gasteiger partial charge in [0.2, 0.25) is 11.9 Å². The summed E-state index contributed by atoms with van der Waals surface area (Å²) in [6.07, 6.45) is 5.65. The molecule has 10 heteroatoms. The number of pyridine rings is 1. The fraction of sp³-hybridized carbons (Fsp3) is 0.296. The molecule has 0 atom stereocenters. The number of benzene rings is 1. The van der Waals surface area contributed by atoms with Crippen molar-refractivity contribution in [2.24, 2.45) is 0 Å². The molecule has 1 aromatic carbocycles. The minimum Gasteiger partial charge on any atom is -0.340 e. The number of likely N-dealkylation sites (N-methyl/N-ethyl adjacent to an activating group) is 1. The van der Waals surface area contributed by atoms with Crippen LogP contribution in [0.3, 0.4) is 0 Å². The number of piperazine rings is 1. The Kier molecular flexibility index (Phi) is 7.38. The van der Waals surface area contributed by atoms with E-state index in [2.05, 4.69) is 42.5 Å². The Morgan fingerprint density at radius 3 is 2.65 bits per heavy atom. The molecule has 4 heterocycles. The summed E-state index contributed by atoms with van der Waals surface area (Å²) in [7, 11) is 2.09. The van der Waals surface area contributed by atoms with Gasteiger partial charge in [-0.15, -0.1) is 11.3 Å². The third kappa shape index (κ3) is 6.10. The summed E-state index contributed by atoms with van der Waals surface area (Å²) >= 11 is 1.53. The quantitative estimate of drug-likeness (QED) is 0.374. The zero-order valence-corrected chi connectivity index (χ0v) is 22.0. The van der Waals surface area contributed by atoms with E-state index in [1.165, 1.54) is 11.3 Å². The first kappa shape index (κ1) is 24.8. The van der Waals surface area contributed by atoms with Gasteiger partial charge in [-0.2, -0.15) is 0 Å². The number of carbonyl (C=O) groups excluding carboxylic acids is 1. The molecule has 9 nitrogen and oxygen atoms in total. The van der Waals surface area contributed by atoms with Gasteiger partial charge in [-0.25, -0.2) is 15.0 Å². The lowest BCUT2D eigenvalue weighted by molar-refractivity contribution is -0.131. The average molecular weight is 515 g/mol. The van der Waals surface area contributed by atoms with Gasteiger partial charge in [-0.05, 0) is 56.8 Å². The van der Waals surface area contributed by atoms with Gasteiger partial charge in [0.1, 0.15) is 0 Å². The molecule has 37 heavy (non-hydrogen) atoms. The monoisotopic (exact) mass is 514 g/mol. The van der Waals surface area contributed by atoms with Crippen molar-refractivity contribution in [2.75, 3.05) is 43.9 Å². The fourth-order valence-electron chi connectivity index (χ4n) is 4.12. The summed E-state index contributed by atoms with van der Waals surface area (Å²) in [4.78, 5) is 35.9. The van der Waals surface area contributed by atoms with Crippen LogP contribution < -0.4 is 10.6 Å². The third-order valence-corrected chi connectivity index (χ3v) is 7.48. The van der Waals surface area contributed by atoms with E-state index in [4.69, 9.17) is 0 Å². The standard InChI is InChI=1S/C27H30N8OS/c1-18-6-7-21(15-23(18)33-26-29-10-8-22(32-26)20-5-4-9-28-17-20)31-27-30-19(2)24(37-27)16-25(36)35-13-11-34(3)12-14-35/h4-10,15,17H,11-14,16H2,1-3H3,(H,30,31)(H,29,32,33). The fourth-order valence-corrected chi connectivity index (χ4v) is 5.10. The van der Waals surface area contributed by atoms with E-state index in [1.54, 1.807) is 18.6 Å². The van der Waals surface area contributed by atoms with Crippen LogP contribution in [0.1, 0.15) is 16.1 Å². The second-order valence-corrected chi connectivity index (χ2v) is 10.3. The number of amides is 1. The van der Waals surface area contributed by atoms with Gasteiger partial charge >= 0.3 is 0 Å². The Balaban J connectivity index is 1.27. The molecule has 1 amide bonds. The number of aromatic nitrogens is 4. The van der Waals surface area contributed by atoms with Crippen molar-refractivity contribution >= 4 is 39.7 Å². The average Bonchev–Trinajstić information content (AvgIpc) is 3.25. The van der Waals surface area contributed by atoms with E-state index in [-0.39, 0.29) is 5.91 Å². The maximum Gasteiger partial charge on any atom is 0.227 e. The molecule has 1 saturated heterocycles. The SMILES string of the molecule is Cc1ccc(Nc2nc(C)c(CC(=O)N3CCN(C)CC3)s2)cc1Nc1nccc(-c2cccnc2)n1. The number of hydrogen-bond acceptors (Lipinski definition) is 9. The lowest BCUT2D eigenvalue weighted by Gasteiger charge is -2.32. The van der Waals surface area contributed by atoms with Gasteiger partial charge < -0.3 is 20.4 Å². The van der Waals surface area contributed by atoms with Gasteiger partial charge in [0.25, 0.3) is 0 Å². The number of nitrogens with one attached hydrogen (secondary N) is 2. The molecule has 0 saturated carbocycles. The highest BCUT2D eigenvalue weighted by molar-refractivity contribution is 7.15. The highest BCUT2D eigenvalue weighted by Gasteiger charge is 2.21. The zero-order chi connectivity index (χ0) is 25.8. The van der Waals surface area contributed by atoms with E-state index < -0.39 is 0 Å². The Bertz CT molecular complexity index is 1380. The lowest BCUT2D eigenvalue weighted by Crippen LogP contribution is -2.47. The molecule has 190 valence electrons. The predicted octanol–water partition coefficient (Wildman–Crippen LogP) is 4.42. The van der Waals surface area contributed by atoms with Gasteiger partial charge in [0.05, 0.1) is 17.8 Å². The number of carbonyl (C=O) groups is 1. The molecule has 0 unspecified atom stereocenters. The first-order valence-corrected chi connectivity index (χ1v) is 13.1. The molecule has 5 rings (SSSR count). The summed E-state index contributed by atoms with van der Waals surface area (Å²) < 4.78 is 0. The third-order valence-electron chi connectivity index (χ3n) is 6.41. The number of aryl methyl sites for hydroxylation is 2. The van der Waals surface area contributed by atoms with Crippen molar-refractivity contribution in [3.63, 3.8) is 0 Å². The topological polar surface area (TPSA) is 99.2 Å². The van der Waals surface area contributed by atoms with Crippen LogP contribution in [0.5, 0.6) is 0 Å². The largest absolute Gasteiger partial charge is 0.340 e. The molecule has 1 fully saturated rings. The molecule has 0 spiro atoms. The molecule has 3 aromatic heterocycles. The molecular weight excluding hydrogens is 484 g/mol. The van der Waals surface area contributed by atoms with Crippen molar-refractivity contribution in [2.45, 2.75) is 20.3 Å². The van der Waals surface area contributed by atoms with E-state index in [1.807, 2.05) is 55.1 Å². The zero-order valence-electron chi connectivity index (χ0n) is 21.2. The highest BCUT2D eigenvalue weighted by Crippen LogP contribution is 2.30. The Labute approximate surface area is 220 Å². The van der Waals surface area contributed by atoms with E-state index in [0.29, 0.717) is 12.4 Å². The number of hydrogen-bond donors (Lipinski definition) is 2. The van der Waals surface area contributed by atoms with Crippen LogP contribution in [0.25, 0.3) is 11.3 Å². The maximum absolute atomic E-state index is 12.8. The maximum atomic E-state index is 12.8. The summed E-state index contributed by atoms with van der Waals surface area (Å²) in [5.74, 6) is 0.679. The summed E-state index contributed by atoms with van der Waals surface area (Å²) in [6, 6.07) is 11.8. The van der Waals surface area contributed by atoms with Crippen LogP contribution >= 0.6 is 11.3 Å². The van der Waals surface area contributed by atoms with Crippen LogP contribution in [0, 0.1) is 13.8 Å². The molecule has 2 N–H and O–H groups in total. The molecule has 0 bridgehead atoms. The molecule has 1 aliphatic rings. The van der Waals surface area contributed by atoms with Crippen molar-refractivity contribution < 1.29 is 4.79 Å². The highest BCUT2D eigenvalue weighted by atomic mass is 32.1. The molecule has 1 aliphatic heterocycles. The number of nitrogens with zero attached hydrogens (tertiary/aromatic N) is 6. The summed E-state index contributed by atoms with van der Waals surface area (Å²) in [6.45, 7) is 7.40. The summed E-state index contributed by atoms with van der Waals surface area (Å²) in [5, 5.41) is 7.51. The van der Waals surface area contributed by atoms with Gasteiger partial charge in [0, 0.05) is 66.6 Å². The minimum atomic E-state index is 0.168. The summed E-state index contributed by atoms with van der Waals surface area (Å²) in [5.41, 5.74) is 5.47. The second kappa shape index (κ2) is 11.0. The number of rotatable bonds is 7. The molecule has 0 radical (unpaired) electrons. The van der Waals surface area contributed by atoms with Crippen molar-refractivity contribution in [3.05, 3.63) is 71.1 Å². The van der Waals surface area contributed by atoms with Crippen LogP contribution in [0.2, 0.25) is 0 Å². The lowest BCUT2D eigenvalue weighted by atomic mass is 10.2. The van der Waals surface area contributed by atoms with Crippen LogP contribution in [0.15, 0.2) is 55.0 Å².